The molecule has 0 saturated carbocycles. The monoisotopic (exact) mass is 410 g/mol. The number of aromatic nitrogens is 3. The molecule has 2 aromatic heterocycles. The van der Waals surface area contributed by atoms with Crippen molar-refractivity contribution in [3.63, 3.8) is 0 Å². The molecule has 0 aliphatic heterocycles. The van der Waals surface area contributed by atoms with Crippen molar-refractivity contribution in [2.75, 3.05) is 5.32 Å². The van der Waals surface area contributed by atoms with Crippen LogP contribution >= 0.6 is 22.9 Å². The first kappa shape index (κ1) is 18.3. The highest BCUT2D eigenvalue weighted by molar-refractivity contribution is 7.15. The van der Waals surface area contributed by atoms with Crippen LogP contribution in [-0.4, -0.2) is 20.4 Å². The fourth-order valence-electron chi connectivity index (χ4n) is 2.83. The molecule has 6 nitrogen and oxygen atoms in total. The Bertz CT molecular complexity index is 1220. The molecule has 0 unspecified atom stereocenters. The van der Waals surface area contributed by atoms with Crippen molar-refractivity contribution >= 4 is 44.9 Å². The summed E-state index contributed by atoms with van der Waals surface area (Å²) in [6, 6.07) is 14.7. The Morgan fingerprint density at radius 1 is 1.14 bits per heavy atom. The van der Waals surface area contributed by atoms with E-state index in [-0.39, 0.29) is 18.0 Å². The maximum absolute atomic E-state index is 12.5. The van der Waals surface area contributed by atoms with Crippen LogP contribution in [0.15, 0.2) is 65.8 Å². The number of hydrogen-bond acceptors (Lipinski definition) is 5. The molecule has 0 saturated heterocycles. The number of anilines is 1. The molecule has 140 valence electrons. The standard InChI is InChI=1S/C20H15ClN4O2S/c21-14-5-3-4-13(8-14)9-15-10-22-20(28-15)24-18(26)11-25-12-23-17-7-2-1-6-16(17)19(25)27/h1-8,10,12H,9,11H2,(H,22,24,26). The van der Waals surface area contributed by atoms with Crippen LogP contribution in [0.4, 0.5) is 5.13 Å². The Hall–Kier alpha value is -3.03. The zero-order valence-corrected chi connectivity index (χ0v) is 16.2. The third-order valence-electron chi connectivity index (χ3n) is 4.11. The summed E-state index contributed by atoms with van der Waals surface area (Å²) in [7, 11) is 0. The second-order valence-electron chi connectivity index (χ2n) is 6.18. The summed E-state index contributed by atoms with van der Waals surface area (Å²) >= 11 is 7.40. The molecule has 0 spiro atoms. The highest BCUT2D eigenvalue weighted by Gasteiger charge is 2.11. The molecule has 8 heteroatoms. The lowest BCUT2D eigenvalue weighted by molar-refractivity contribution is -0.116. The summed E-state index contributed by atoms with van der Waals surface area (Å²) < 4.78 is 1.29. The molecule has 0 aliphatic rings. The van der Waals surface area contributed by atoms with Crippen molar-refractivity contribution in [3.05, 3.63) is 86.9 Å². The van der Waals surface area contributed by atoms with Gasteiger partial charge < -0.3 is 5.32 Å². The molecule has 28 heavy (non-hydrogen) atoms. The summed E-state index contributed by atoms with van der Waals surface area (Å²) in [4.78, 5) is 34.3. The molecule has 0 aliphatic carbocycles. The molecule has 4 rings (SSSR count). The van der Waals surface area contributed by atoms with E-state index in [2.05, 4.69) is 15.3 Å². The average molecular weight is 411 g/mol. The van der Waals surface area contributed by atoms with Crippen molar-refractivity contribution in [1.82, 2.24) is 14.5 Å². The predicted octanol–water partition coefficient (Wildman–Crippen LogP) is 3.74. The molecule has 0 radical (unpaired) electrons. The lowest BCUT2D eigenvalue weighted by atomic mass is 10.1. The number of rotatable bonds is 5. The lowest BCUT2D eigenvalue weighted by Gasteiger charge is -2.06. The van der Waals surface area contributed by atoms with E-state index >= 15 is 0 Å². The molecule has 2 aromatic carbocycles. The highest BCUT2D eigenvalue weighted by Crippen LogP contribution is 2.22. The van der Waals surface area contributed by atoms with Crippen LogP contribution in [0.2, 0.25) is 5.02 Å². The van der Waals surface area contributed by atoms with E-state index in [0.717, 1.165) is 10.4 Å². The first-order chi connectivity index (χ1) is 13.6. The van der Waals surface area contributed by atoms with E-state index in [1.165, 1.54) is 22.2 Å². The van der Waals surface area contributed by atoms with E-state index in [0.29, 0.717) is 27.5 Å². The number of amides is 1. The van der Waals surface area contributed by atoms with Crippen LogP contribution < -0.4 is 10.9 Å². The zero-order valence-electron chi connectivity index (χ0n) is 14.6. The minimum atomic E-state index is -0.331. The highest BCUT2D eigenvalue weighted by atomic mass is 35.5. The first-order valence-electron chi connectivity index (χ1n) is 8.52. The topological polar surface area (TPSA) is 76.9 Å². The van der Waals surface area contributed by atoms with E-state index in [1.54, 1.807) is 24.4 Å². The summed E-state index contributed by atoms with van der Waals surface area (Å²) in [5.74, 6) is -0.331. The Morgan fingerprint density at radius 3 is 2.86 bits per heavy atom. The summed E-state index contributed by atoms with van der Waals surface area (Å²) in [5.41, 5.74) is 1.43. The van der Waals surface area contributed by atoms with Gasteiger partial charge in [-0.25, -0.2) is 9.97 Å². The lowest BCUT2D eigenvalue weighted by Crippen LogP contribution is -2.27. The van der Waals surface area contributed by atoms with Crippen LogP contribution in [0.1, 0.15) is 10.4 Å². The number of benzene rings is 2. The predicted molar refractivity (Wildman–Crippen MR) is 111 cm³/mol. The van der Waals surface area contributed by atoms with Gasteiger partial charge in [-0.15, -0.1) is 11.3 Å². The largest absolute Gasteiger partial charge is 0.300 e. The number of nitrogens with zero attached hydrogens (tertiary/aromatic N) is 3. The van der Waals surface area contributed by atoms with Crippen molar-refractivity contribution in [2.45, 2.75) is 13.0 Å². The van der Waals surface area contributed by atoms with Crippen molar-refractivity contribution in [3.8, 4) is 0 Å². The number of carbonyl (C=O) groups is 1. The summed E-state index contributed by atoms with van der Waals surface area (Å²) in [6.07, 6.45) is 3.80. The van der Waals surface area contributed by atoms with Crippen molar-refractivity contribution < 1.29 is 4.79 Å². The van der Waals surface area contributed by atoms with Crippen LogP contribution in [-0.2, 0) is 17.8 Å². The van der Waals surface area contributed by atoms with Crippen LogP contribution in [0.3, 0.4) is 0 Å². The Labute approximate surface area is 169 Å². The summed E-state index contributed by atoms with van der Waals surface area (Å²) in [5, 5.41) is 4.40. The number of carbonyl (C=O) groups excluding carboxylic acids is 1. The molecule has 2 heterocycles. The normalized spacial score (nSPS) is 10.9. The number of halogens is 1. The van der Waals surface area contributed by atoms with E-state index in [4.69, 9.17) is 11.6 Å². The second-order valence-corrected chi connectivity index (χ2v) is 7.73. The average Bonchev–Trinajstić information content (AvgIpc) is 3.11. The van der Waals surface area contributed by atoms with Gasteiger partial charge in [0.25, 0.3) is 5.56 Å². The van der Waals surface area contributed by atoms with Gasteiger partial charge in [-0.3, -0.25) is 14.2 Å². The maximum atomic E-state index is 12.5. The van der Waals surface area contributed by atoms with Gasteiger partial charge in [0, 0.05) is 22.5 Å². The molecule has 0 fully saturated rings. The number of thiazole rings is 1. The third-order valence-corrected chi connectivity index (χ3v) is 5.26. The van der Waals surface area contributed by atoms with Gasteiger partial charge >= 0.3 is 0 Å². The van der Waals surface area contributed by atoms with Gasteiger partial charge in [0.05, 0.1) is 17.2 Å². The molecule has 4 aromatic rings. The van der Waals surface area contributed by atoms with Gasteiger partial charge in [-0.05, 0) is 29.8 Å². The van der Waals surface area contributed by atoms with E-state index in [1.807, 2.05) is 30.3 Å². The van der Waals surface area contributed by atoms with Gasteiger partial charge in [-0.2, -0.15) is 0 Å². The Morgan fingerprint density at radius 2 is 2.00 bits per heavy atom. The Kier molecular flexibility index (Phi) is 5.18. The second kappa shape index (κ2) is 7.92. The zero-order chi connectivity index (χ0) is 19.5. The van der Waals surface area contributed by atoms with Crippen LogP contribution in [0.25, 0.3) is 10.9 Å². The van der Waals surface area contributed by atoms with Crippen LogP contribution in [0.5, 0.6) is 0 Å². The number of para-hydroxylation sites is 1. The van der Waals surface area contributed by atoms with Crippen LogP contribution in [0, 0.1) is 0 Å². The number of hydrogen-bond donors (Lipinski definition) is 1. The molecular weight excluding hydrogens is 396 g/mol. The minimum absolute atomic E-state index is 0.125. The van der Waals surface area contributed by atoms with Gasteiger partial charge in [0.2, 0.25) is 5.91 Å². The smallest absolute Gasteiger partial charge is 0.261 e. The first-order valence-corrected chi connectivity index (χ1v) is 9.71. The third kappa shape index (κ3) is 4.11. The fourth-order valence-corrected chi connectivity index (χ4v) is 3.90. The van der Waals surface area contributed by atoms with Crippen molar-refractivity contribution in [2.24, 2.45) is 0 Å². The summed E-state index contributed by atoms with van der Waals surface area (Å²) in [6.45, 7) is -0.125. The SMILES string of the molecule is O=C(Cn1cnc2ccccc2c1=O)Nc1ncc(Cc2cccc(Cl)c2)s1. The molecule has 0 bridgehead atoms. The Balaban J connectivity index is 1.44. The molecule has 1 amide bonds. The number of fused-ring (bicyclic) bond motifs is 1. The quantitative estimate of drug-likeness (QED) is 0.543. The minimum Gasteiger partial charge on any atom is -0.300 e. The van der Waals surface area contributed by atoms with E-state index in [9.17, 15) is 9.59 Å². The van der Waals surface area contributed by atoms with Gasteiger partial charge in [-0.1, -0.05) is 35.9 Å². The maximum Gasteiger partial charge on any atom is 0.261 e. The fraction of sp³-hybridized carbons (Fsp3) is 0.100. The molecule has 0 atom stereocenters. The van der Waals surface area contributed by atoms with Gasteiger partial charge in [0.1, 0.15) is 6.54 Å². The number of nitrogens with one attached hydrogen (secondary N) is 1. The molecule has 1 N–H and O–H groups in total. The molecular formula is C20H15ClN4O2S. The van der Waals surface area contributed by atoms with Crippen molar-refractivity contribution in [1.29, 1.82) is 0 Å². The van der Waals surface area contributed by atoms with E-state index < -0.39 is 0 Å². The van der Waals surface area contributed by atoms with Gasteiger partial charge in [0.15, 0.2) is 5.13 Å².